The molecule has 148 heavy (non-hydrogen) atoms. The maximum absolute atomic E-state index is 2.63. The third kappa shape index (κ3) is 12.6. The maximum Gasteiger partial charge on any atom is 0.0634 e. The number of anilines is 12. The first-order valence-electron chi connectivity index (χ1n) is 51.6. The van der Waals surface area contributed by atoms with E-state index in [-0.39, 0.29) is 0 Å². The van der Waals surface area contributed by atoms with Crippen molar-refractivity contribution in [3.05, 3.63) is 506 Å². The van der Waals surface area contributed by atoms with E-state index in [4.69, 9.17) is 0 Å². The molecule has 0 atom stereocenters. The minimum atomic E-state index is 1.13. The van der Waals surface area contributed by atoms with Crippen LogP contribution in [0.4, 0.5) is 68.2 Å². The van der Waals surface area contributed by atoms with Gasteiger partial charge in [-0.05, 0) is 232 Å². The van der Waals surface area contributed by atoms with E-state index >= 15 is 0 Å². The third-order valence-electron chi connectivity index (χ3n) is 31.7. The molecule has 8 heteroatoms. The van der Waals surface area contributed by atoms with Crippen molar-refractivity contribution in [2.75, 3.05) is 19.6 Å². The van der Waals surface area contributed by atoms with E-state index in [2.05, 4.69) is 554 Å². The molecule has 0 saturated carbocycles. The summed E-state index contributed by atoms with van der Waals surface area (Å²) in [5.41, 5.74) is 48.0. The number of nitrogens with zero attached hydrogens (tertiary/aromatic N) is 8. The number of hydrogen-bond acceptors (Lipinski definition) is 4. The van der Waals surface area contributed by atoms with Gasteiger partial charge in [0.05, 0.1) is 88.9 Å². The Morgan fingerprint density at radius 3 is 0.581 bits per heavy atom. The molecule has 22 aromatic carbocycles. The summed E-state index contributed by atoms with van der Waals surface area (Å²) in [7, 11) is 0. The molecule has 0 saturated heterocycles. The van der Waals surface area contributed by atoms with Gasteiger partial charge in [-0.1, -0.05) is 351 Å². The molecule has 0 spiro atoms. The molecule has 0 aliphatic carbocycles. The first-order valence-corrected chi connectivity index (χ1v) is 51.6. The van der Waals surface area contributed by atoms with Crippen LogP contribution in [0, 0.1) is 55.4 Å². The molecule has 0 bridgehead atoms. The van der Waals surface area contributed by atoms with Crippen LogP contribution in [-0.2, 0) is 0 Å². The first kappa shape index (κ1) is 86.0. The second-order valence-electron chi connectivity index (χ2n) is 40.5. The lowest BCUT2D eigenvalue weighted by molar-refractivity contribution is 1.25. The van der Waals surface area contributed by atoms with Crippen LogP contribution in [0.15, 0.2) is 461 Å². The number of aryl methyl sites for hydroxylation is 8. The minimum absolute atomic E-state index is 1.13. The summed E-state index contributed by atoms with van der Waals surface area (Å²) >= 11 is 0. The van der Waals surface area contributed by atoms with Crippen molar-refractivity contribution in [2.24, 2.45) is 0 Å². The van der Waals surface area contributed by atoms with E-state index < -0.39 is 0 Å². The number of fused-ring (bicyclic) bond motifs is 24. The van der Waals surface area contributed by atoms with Gasteiger partial charge in [0.1, 0.15) is 0 Å². The number of para-hydroxylation sites is 8. The standard InChI is InChI=1S/2C70H50N4/c1-43-37-39-55(45(3)41-43)71(49-25-13-7-14-26-49)57-33-19-35-59-63(57)51-29-17-31-53-65-62(48-23-11-6-12-24-48)70-66(61(47-21-9-5-10-22-47)69(65)73(59)67(51)53)54-32-18-30-52-64-58(34-20-36-60(64)74(70)68(52)54)72(50-27-15-8-16-28-50)56-40-38-44(2)42-46(56)4;1-43-37-39-45(3)59(41-43)71(49-25-13-7-14-26-49)55-33-19-35-57-63(55)51-29-17-31-53-65-62(48-23-11-6-12-24-48)70-66(61(47-21-9-5-10-22-47)69(65)73(57)67(51)53)54-32-18-30-52-64-56(34-20-36-58(64)74(70)68(52)54)72(50-27-15-8-16-28-50)60-42-44(2)38-40-46(60)4/h2*5-42H,1-4H3. The van der Waals surface area contributed by atoms with E-state index in [9.17, 15) is 0 Å². The lowest BCUT2D eigenvalue weighted by Crippen LogP contribution is -2.12. The van der Waals surface area contributed by atoms with Crippen LogP contribution in [0.2, 0.25) is 0 Å². The van der Waals surface area contributed by atoms with Gasteiger partial charge in [0.2, 0.25) is 0 Å². The molecule has 0 aliphatic rings. The zero-order valence-electron chi connectivity index (χ0n) is 83.5. The van der Waals surface area contributed by atoms with Crippen molar-refractivity contribution in [1.29, 1.82) is 0 Å². The highest BCUT2D eigenvalue weighted by Gasteiger charge is 2.37. The number of rotatable bonds is 16. The van der Waals surface area contributed by atoms with Gasteiger partial charge in [-0.2, -0.15) is 0 Å². The van der Waals surface area contributed by atoms with Gasteiger partial charge in [-0.25, -0.2) is 0 Å². The van der Waals surface area contributed by atoms with Crippen LogP contribution in [-0.4, -0.2) is 17.6 Å². The van der Waals surface area contributed by atoms with Crippen molar-refractivity contribution in [1.82, 2.24) is 17.6 Å². The molecule has 8 heterocycles. The van der Waals surface area contributed by atoms with Gasteiger partial charge in [0.15, 0.2) is 0 Å². The van der Waals surface area contributed by atoms with Crippen molar-refractivity contribution < 1.29 is 0 Å². The Morgan fingerprint density at radius 1 is 0.142 bits per heavy atom. The van der Waals surface area contributed by atoms with Crippen molar-refractivity contribution in [3.63, 3.8) is 0 Å². The summed E-state index contributed by atoms with van der Waals surface area (Å²) in [5.74, 6) is 0. The molecule has 30 rings (SSSR count). The van der Waals surface area contributed by atoms with E-state index in [1.807, 2.05) is 0 Å². The quantitative estimate of drug-likeness (QED) is 0.0965. The number of benzene rings is 22. The lowest BCUT2D eigenvalue weighted by Gasteiger charge is -2.28. The predicted molar refractivity (Wildman–Crippen MR) is 630 cm³/mol. The Bertz CT molecular complexity index is 9970. The zero-order valence-corrected chi connectivity index (χ0v) is 83.5. The highest BCUT2D eigenvalue weighted by Crippen LogP contribution is 2.61. The first-order chi connectivity index (χ1) is 72.9. The van der Waals surface area contributed by atoms with Crippen LogP contribution in [0.1, 0.15) is 44.5 Å². The van der Waals surface area contributed by atoms with Crippen LogP contribution in [0.25, 0.3) is 197 Å². The van der Waals surface area contributed by atoms with Gasteiger partial charge in [-0.3, -0.25) is 0 Å². The molecule has 0 aliphatic heterocycles. The highest BCUT2D eigenvalue weighted by atomic mass is 15.2. The van der Waals surface area contributed by atoms with Gasteiger partial charge in [0.25, 0.3) is 0 Å². The second-order valence-corrected chi connectivity index (χ2v) is 40.5. The Hall–Kier alpha value is -18.8. The Kier molecular flexibility index (Phi) is 19.4. The van der Waals surface area contributed by atoms with E-state index in [0.717, 1.165) is 45.5 Å². The average molecular weight is 1890 g/mol. The monoisotopic (exact) mass is 1890 g/mol. The smallest absolute Gasteiger partial charge is 0.0634 e. The summed E-state index contributed by atoms with van der Waals surface area (Å²) in [6.45, 7) is 17.7. The molecule has 0 unspecified atom stereocenters. The molecule has 0 fully saturated rings. The normalized spacial score (nSPS) is 12.1. The molecule has 700 valence electrons. The molecule has 0 amide bonds. The molecule has 8 nitrogen and oxygen atoms in total. The van der Waals surface area contributed by atoms with Crippen LogP contribution >= 0.6 is 0 Å². The van der Waals surface area contributed by atoms with E-state index in [1.165, 1.54) is 264 Å². The topological polar surface area (TPSA) is 30.6 Å². The number of hydrogen-bond donors (Lipinski definition) is 0. The molecule has 0 N–H and O–H groups in total. The maximum atomic E-state index is 2.63. The van der Waals surface area contributed by atoms with Crippen molar-refractivity contribution >= 4 is 221 Å². The summed E-state index contributed by atoms with van der Waals surface area (Å²) in [5, 5.41) is 19.9. The van der Waals surface area contributed by atoms with Crippen molar-refractivity contribution in [3.8, 4) is 44.5 Å². The summed E-state index contributed by atoms with van der Waals surface area (Å²) in [6, 6.07) is 171. The van der Waals surface area contributed by atoms with Gasteiger partial charge in [-0.15, -0.1) is 0 Å². The molecule has 30 aromatic rings. The Morgan fingerprint density at radius 2 is 0.345 bits per heavy atom. The molecule has 8 aromatic heterocycles. The second kappa shape index (κ2) is 33.4. The van der Waals surface area contributed by atoms with Crippen LogP contribution < -0.4 is 19.6 Å². The average Bonchev–Trinajstić information content (AvgIpc) is 1.49. The van der Waals surface area contributed by atoms with Crippen LogP contribution in [0.3, 0.4) is 0 Å². The fraction of sp³-hybridized carbons (Fsp3) is 0.0571. The van der Waals surface area contributed by atoms with Crippen molar-refractivity contribution in [2.45, 2.75) is 55.4 Å². The summed E-state index contributed by atoms with van der Waals surface area (Å²) in [4.78, 5) is 9.90. The number of aromatic nitrogens is 4. The fourth-order valence-corrected chi connectivity index (χ4v) is 25.8. The van der Waals surface area contributed by atoms with Crippen LogP contribution in [0.5, 0.6) is 0 Å². The van der Waals surface area contributed by atoms with E-state index in [1.54, 1.807) is 0 Å². The Balaban J connectivity index is 0.000000140. The SMILES string of the molecule is Cc1ccc(C)c(N(c2ccccc2)c2cccc3c2c2cccc4c5c(-c6ccccc6)c6c(c(-c7ccccc7)c5n3c24)c2cccc3c4c(N(c5ccccc5)c5cc(C)ccc5C)cccc4n6c32)c1.Cc1ccc(N(c2ccccc2)c2cccc3c2c2cccc4c5c(-c6ccccc6)c6c(c(-c7ccccc7)c5n3c24)c2cccc3c4c(N(c5ccccc5)c5ccc(C)cc5C)cccc4n6c32)c(C)c1. The predicted octanol–water partition coefficient (Wildman–Crippen LogP) is 39.0. The summed E-state index contributed by atoms with van der Waals surface area (Å²) < 4.78 is 10.5. The van der Waals surface area contributed by atoms with E-state index in [0.29, 0.717) is 0 Å². The third-order valence-corrected chi connectivity index (χ3v) is 31.7. The fourth-order valence-electron chi connectivity index (χ4n) is 25.8. The van der Waals surface area contributed by atoms with Gasteiger partial charge < -0.3 is 37.2 Å². The summed E-state index contributed by atoms with van der Waals surface area (Å²) in [6.07, 6.45) is 0. The lowest BCUT2D eigenvalue weighted by atomic mass is 9.89. The Labute approximate surface area is 857 Å². The molecule has 0 radical (unpaired) electrons. The highest BCUT2D eigenvalue weighted by molar-refractivity contribution is 6.42. The zero-order chi connectivity index (χ0) is 98.7. The van der Waals surface area contributed by atoms with Gasteiger partial charge in [0, 0.05) is 154 Å². The molecular weight excluding hydrogens is 1790 g/mol. The minimum Gasteiger partial charge on any atom is -0.310 e. The van der Waals surface area contributed by atoms with Gasteiger partial charge >= 0.3 is 0 Å². The largest absolute Gasteiger partial charge is 0.310 e. The molecular formula is C140H100N8.